The van der Waals surface area contributed by atoms with Crippen LogP contribution in [-0.4, -0.2) is 26.4 Å². The maximum atomic E-state index is 12.5. The molecule has 1 aliphatic heterocycles. The van der Waals surface area contributed by atoms with Crippen LogP contribution in [0.4, 0.5) is 0 Å². The zero-order chi connectivity index (χ0) is 21.4. The van der Waals surface area contributed by atoms with Gasteiger partial charge < -0.3 is 4.42 Å². The van der Waals surface area contributed by atoms with Gasteiger partial charge in [-0.2, -0.15) is 10.2 Å². The maximum absolute atomic E-state index is 12.5. The Balaban J connectivity index is 1.63. The molecule has 0 N–H and O–H groups in total. The third-order valence-corrected chi connectivity index (χ3v) is 5.45. The van der Waals surface area contributed by atoms with Crippen LogP contribution in [-0.2, 0) is 4.79 Å². The number of aromatic nitrogens is 2. The van der Waals surface area contributed by atoms with Crippen molar-refractivity contribution in [1.82, 2.24) is 14.8 Å². The Morgan fingerprint density at radius 3 is 2.61 bits per heavy atom. The number of carbonyl (C=O) groups is 1. The summed E-state index contributed by atoms with van der Waals surface area (Å²) in [6, 6.07) is 21.7. The molecule has 154 valence electrons. The average molecular weight is 410 g/mol. The van der Waals surface area contributed by atoms with E-state index in [9.17, 15) is 4.79 Å². The second kappa shape index (κ2) is 7.72. The van der Waals surface area contributed by atoms with Crippen LogP contribution >= 0.6 is 0 Å². The van der Waals surface area contributed by atoms with Crippen molar-refractivity contribution in [3.05, 3.63) is 96.1 Å². The van der Waals surface area contributed by atoms with Crippen molar-refractivity contribution in [2.24, 2.45) is 5.10 Å². The number of carbonyl (C=O) groups excluding carboxylic acids is 1. The van der Waals surface area contributed by atoms with Crippen LogP contribution in [0.3, 0.4) is 0 Å². The van der Waals surface area contributed by atoms with Gasteiger partial charge in [-0.3, -0.25) is 4.79 Å². The average Bonchev–Trinajstić information content (AvgIpc) is 3.53. The lowest BCUT2D eigenvalue weighted by Gasteiger charge is -2.20. The van der Waals surface area contributed by atoms with Crippen LogP contribution in [0.1, 0.15) is 36.3 Å². The van der Waals surface area contributed by atoms with Crippen LogP contribution in [0.15, 0.2) is 88.7 Å². The molecule has 4 aromatic rings. The number of para-hydroxylation sites is 1. The summed E-state index contributed by atoms with van der Waals surface area (Å²) in [6.45, 7) is 3.60. The Labute approximate surface area is 180 Å². The van der Waals surface area contributed by atoms with Gasteiger partial charge in [-0.25, -0.2) is 9.69 Å². The van der Waals surface area contributed by atoms with Gasteiger partial charge in [-0.1, -0.05) is 42.0 Å². The topological polar surface area (TPSA) is 63.6 Å². The van der Waals surface area contributed by atoms with Crippen molar-refractivity contribution in [1.29, 1.82) is 0 Å². The molecule has 0 fully saturated rings. The summed E-state index contributed by atoms with van der Waals surface area (Å²) in [4.78, 5) is 12.5. The maximum Gasteiger partial charge on any atom is 0.240 e. The van der Waals surface area contributed by atoms with Gasteiger partial charge in [0.1, 0.15) is 11.5 Å². The van der Waals surface area contributed by atoms with E-state index < -0.39 is 0 Å². The molecule has 1 amide bonds. The van der Waals surface area contributed by atoms with Crippen molar-refractivity contribution in [2.45, 2.75) is 26.3 Å². The van der Waals surface area contributed by atoms with Gasteiger partial charge in [0.15, 0.2) is 0 Å². The molecule has 1 atom stereocenters. The summed E-state index contributed by atoms with van der Waals surface area (Å²) in [5.41, 5.74) is 5.68. The molecule has 2 aromatic heterocycles. The first-order chi connectivity index (χ1) is 15.1. The Morgan fingerprint density at radius 2 is 1.90 bits per heavy atom. The molecule has 6 nitrogen and oxygen atoms in total. The quantitative estimate of drug-likeness (QED) is 0.468. The second-order valence-corrected chi connectivity index (χ2v) is 7.69. The molecule has 0 spiro atoms. The van der Waals surface area contributed by atoms with E-state index in [1.165, 1.54) is 6.92 Å². The highest BCUT2D eigenvalue weighted by Gasteiger charge is 2.35. The van der Waals surface area contributed by atoms with Crippen molar-refractivity contribution in [3.63, 3.8) is 0 Å². The van der Waals surface area contributed by atoms with E-state index >= 15 is 0 Å². The van der Waals surface area contributed by atoms with Crippen molar-refractivity contribution in [3.8, 4) is 16.9 Å². The summed E-state index contributed by atoms with van der Waals surface area (Å²) in [5.74, 6) is 0.565. The Bertz CT molecular complexity index is 1260. The second-order valence-electron chi connectivity index (χ2n) is 7.69. The number of hydrazone groups is 1. The van der Waals surface area contributed by atoms with E-state index in [0.29, 0.717) is 12.2 Å². The highest BCUT2D eigenvalue weighted by Crippen LogP contribution is 2.38. The summed E-state index contributed by atoms with van der Waals surface area (Å²) < 4.78 is 7.42. The van der Waals surface area contributed by atoms with E-state index in [4.69, 9.17) is 9.52 Å². The Morgan fingerprint density at radius 1 is 1.06 bits per heavy atom. The molecule has 3 heterocycles. The minimum atomic E-state index is -0.259. The van der Waals surface area contributed by atoms with Gasteiger partial charge in [0.2, 0.25) is 5.91 Å². The summed E-state index contributed by atoms with van der Waals surface area (Å²) >= 11 is 0. The summed E-state index contributed by atoms with van der Waals surface area (Å²) in [6.07, 6.45) is 4.19. The number of hydrogen-bond acceptors (Lipinski definition) is 4. The Hall–Kier alpha value is -3.93. The smallest absolute Gasteiger partial charge is 0.240 e. The molecule has 0 saturated carbocycles. The molecule has 2 aromatic carbocycles. The minimum Gasteiger partial charge on any atom is -0.463 e. The molecule has 0 bridgehead atoms. The number of rotatable bonds is 4. The standard InChI is InChI=1S/C25H22N4O2/c1-17-8-6-9-19(14-17)25-21(16-28(27-25)20-10-4-3-5-11-20)23-15-22(24-12-7-13-31-24)26-29(23)18(2)30/h3-14,16,23H,15H2,1-2H3. The predicted molar refractivity (Wildman–Crippen MR) is 119 cm³/mol. The number of aryl methyl sites for hydroxylation is 1. The van der Waals surface area contributed by atoms with Crippen LogP contribution < -0.4 is 0 Å². The third-order valence-electron chi connectivity index (χ3n) is 5.45. The van der Waals surface area contributed by atoms with Gasteiger partial charge in [0, 0.05) is 30.7 Å². The Kier molecular flexibility index (Phi) is 4.75. The molecule has 1 unspecified atom stereocenters. The summed E-state index contributed by atoms with van der Waals surface area (Å²) in [5, 5.41) is 11.1. The van der Waals surface area contributed by atoms with Gasteiger partial charge in [0.25, 0.3) is 0 Å². The van der Waals surface area contributed by atoms with Crippen LogP contribution in [0, 0.1) is 6.92 Å². The number of amides is 1. The number of hydrogen-bond donors (Lipinski definition) is 0. The SMILES string of the molecule is CC(=O)N1N=C(c2ccco2)CC1c1cn(-c2ccccc2)nc1-c1cccc(C)c1. The highest BCUT2D eigenvalue weighted by atomic mass is 16.3. The zero-order valence-corrected chi connectivity index (χ0v) is 17.4. The molecular weight excluding hydrogens is 388 g/mol. The van der Waals surface area contributed by atoms with Gasteiger partial charge >= 0.3 is 0 Å². The number of benzene rings is 2. The molecule has 0 saturated heterocycles. The first kappa shape index (κ1) is 19.1. The lowest BCUT2D eigenvalue weighted by atomic mass is 9.97. The molecule has 0 aliphatic carbocycles. The van der Waals surface area contributed by atoms with Crippen molar-refractivity contribution >= 4 is 11.6 Å². The van der Waals surface area contributed by atoms with E-state index in [1.54, 1.807) is 11.3 Å². The first-order valence-electron chi connectivity index (χ1n) is 10.2. The normalized spacial score (nSPS) is 15.9. The lowest BCUT2D eigenvalue weighted by molar-refractivity contribution is -0.130. The van der Waals surface area contributed by atoms with E-state index in [2.05, 4.69) is 30.2 Å². The summed E-state index contributed by atoms with van der Waals surface area (Å²) in [7, 11) is 0. The number of nitrogens with zero attached hydrogens (tertiary/aromatic N) is 4. The van der Waals surface area contributed by atoms with Crippen LogP contribution in [0.2, 0.25) is 0 Å². The zero-order valence-electron chi connectivity index (χ0n) is 17.4. The van der Waals surface area contributed by atoms with Crippen LogP contribution in [0.25, 0.3) is 16.9 Å². The minimum absolute atomic E-state index is 0.116. The lowest BCUT2D eigenvalue weighted by Crippen LogP contribution is -2.24. The van der Waals surface area contributed by atoms with Gasteiger partial charge in [-0.15, -0.1) is 0 Å². The largest absolute Gasteiger partial charge is 0.463 e. The molecular formula is C25H22N4O2. The molecule has 1 aliphatic rings. The molecule has 0 radical (unpaired) electrons. The van der Waals surface area contributed by atoms with E-state index in [1.807, 2.05) is 59.4 Å². The van der Waals surface area contributed by atoms with E-state index in [-0.39, 0.29) is 11.9 Å². The third kappa shape index (κ3) is 3.57. The fourth-order valence-corrected chi connectivity index (χ4v) is 4.00. The van der Waals surface area contributed by atoms with Gasteiger partial charge in [-0.05, 0) is 37.3 Å². The highest BCUT2D eigenvalue weighted by molar-refractivity contribution is 6.01. The monoisotopic (exact) mass is 410 g/mol. The first-order valence-corrected chi connectivity index (χ1v) is 10.2. The van der Waals surface area contributed by atoms with Gasteiger partial charge in [0.05, 0.1) is 23.7 Å². The van der Waals surface area contributed by atoms with Crippen molar-refractivity contribution in [2.75, 3.05) is 0 Å². The molecule has 31 heavy (non-hydrogen) atoms. The fraction of sp³-hybridized carbons (Fsp3) is 0.160. The molecule has 5 rings (SSSR count). The molecule has 6 heteroatoms. The fourth-order valence-electron chi connectivity index (χ4n) is 4.00. The van der Waals surface area contributed by atoms with Crippen molar-refractivity contribution < 1.29 is 9.21 Å². The van der Waals surface area contributed by atoms with E-state index in [0.717, 1.165) is 33.8 Å². The predicted octanol–water partition coefficient (Wildman–Crippen LogP) is 5.14. The van der Waals surface area contributed by atoms with Crippen LogP contribution in [0.5, 0.6) is 0 Å². The number of furan rings is 1.